The van der Waals surface area contributed by atoms with Crippen molar-refractivity contribution in [2.24, 2.45) is 0 Å². The lowest BCUT2D eigenvalue weighted by Crippen LogP contribution is -2.07. The molecule has 0 bridgehead atoms. The lowest BCUT2D eigenvalue weighted by molar-refractivity contribution is -0.137. The number of nitrogens with zero attached hydrogens (tertiary/aromatic N) is 2. The number of aromatic nitrogens is 2. The molecule has 0 amide bonds. The second-order valence-corrected chi connectivity index (χ2v) is 6.34. The van der Waals surface area contributed by atoms with E-state index in [9.17, 15) is 22.2 Å². The highest BCUT2D eigenvalue weighted by molar-refractivity contribution is 7.84. The number of hydrogen-bond acceptors (Lipinski definition) is 3. The second kappa shape index (κ2) is 6.02. The molecule has 0 N–H and O–H groups in total. The molecule has 118 valence electrons. The maximum absolute atomic E-state index is 12.7. The quantitative estimate of drug-likeness (QED) is 0.773. The zero-order chi connectivity index (χ0) is 16.7. The fourth-order valence-corrected chi connectivity index (χ4v) is 3.03. The molecule has 0 aliphatic rings. The predicted octanol–water partition coefficient (Wildman–Crippen LogP) is 3.75. The molecule has 2 aromatic rings. The Morgan fingerprint density at radius 2 is 1.82 bits per heavy atom. The van der Waals surface area contributed by atoms with Gasteiger partial charge in [-0.25, -0.2) is 4.68 Å². The van der Waals surface area contributed by atoms with Crippen LogP contribution in [0, 0.1) is 0 Å². The van der Waals surface area contributed by atoms with Gasteiger partial charge in [0.15, 0.2) is 6.29 Å². The highest BCUT2D eigenvalue weighted by Gasteiger charge is 2.32. The molecule has 1 aromatic carbocycles. The summed E-state index contributed by atoms with van der Waals surface area (Å²) in [4.78, 5) is 11.0. The Kier molecular flexibility index (Phi) is 4.65. The van der Waals surface area contributed by atoms with E-state index in [0.717, 1.165) is 4.68 Å². The number of carbonyl (C=O) groups excluding carboxylic acids is 1. The minimum Gasteiger partial charge on any atom is -0.296 e. The standard InChI is InChI=1S/C12H7Cl2F3N2O2S/c1-22(21)10-4-19(18-9(10)5-20)11-7(13)2-6(3-8(11)14)12(15,16)17/h2-5H,1H3. The minimum atomic E-state index is -4.60. The molecule has 0 aliphatic carbocycles. The van der Waals surface area contributed by atoms with Gasteiger partial charge in [-0.2, -0.15) is 18.3 Å². The van der Waals surface area contributed by atoms with Gasteiger partial charge in [-0.15, -0.1) is 0 Å². The van der Waals surface area contributed by atoms with Crippen LogP contribution in [0.3, 0.4) is 0 Å². The van der Waals surface area contributed by atoms with Gasteiger partial charge in [0.25, 0.3) is 0 Å². The van der Waals surface area contributed by atoms with Crippen molar-refractivity contribution in [3.05, 3.63) is 39.6 Å². The number of aldehydes is 1. The third kappa shape index (κ3) is 3.18. The molecular formula is C12H7Cl2F3N2O2S. The van der Waals surface area contributed by atoms with Crippen LogP contribution < -0.4 is 0 Å². The Bertz CT molecular complexity index is 751. The summed E-state index contributed by atoms with van der Waals surface area (Å²) in [5, 5.41) is 3.24. The Hall–Kier alpha value is -1.38. The van der Waals surface area contributed by atoms with Crippen LogP contribution in [0.15, 0.2) is 23.2 Å². The monoisotopic (exact) mass is 370 g/mol. The van der Waals surface area contributed by atoms with Crippen molar-refractivity contribution >= 4 is 40.3 Å². The van der Waals surface area contributed by atoms with Gasteiger partial charge in [-0.3, -0.25) is 9.00 Å². The Morgan fingerprint density at radius 1 is 1.27 bits per heavy atom. The van der Waals surface area contributed by atoms with Crippen molar-refractivity contribution in [3.8, 4) is 5.69 Å². The summed E-state index contributed by atoms with van der Waals surface area (Å²) >= 11 is 11.7. The van der Waals surface area contributed by atoms with Gasteiger partial charge in [-0.1, -0.05) is 23.2 Å². The molecule has 0 fully saturated rings. The minimum absolute atomic E-state index is 0.0314. The SMILES string of the molecule is CS(=O)c1cn(-c2c(Cl)cc(C(F)(F)F)cc2Cl)nc1C=O. The molecule has 0 saturated carbocycles. The summed E-state index contributed by atoms with van der Waals surface area (Å²) in [6, 6.07) is 1.40. The summed E-state index contributed by atoms with van der Waals surface area (Å²) in [6.45, 7) is 0. The van der Waals surface area contributed by atoms with Crippen molar-refractivity contribution in [2.75, 3.05) is 6.26 Å². The van der Waals surface area contributed by atoms with E-state index in [0.29, 0.717) is 18.4 Å². The van der Waals surface area contributed by atoms with E-state index in [1.165, 1.54) is 12.5 Å². The van der Waals surface area contributed by atoms with Crippen LogP contribution in [0.5, 0.6) is 0 Å². The van der Waals surface area contributed by atoms with Crippen molar-refractivity contribution in [1.82, 2.24) is 9.78 Å². The molecule has 4 nitrogen and oxygen atoms in total. The first-order valence-corrected chi connectivity index (χ1v) is 7.91. The maximum Gasteiger partial charge on any atom is 0.416 e. The number of carbonyl (C=O) groups is 1. The third-order valence-electron chi connectivity index (χ3n) is 2.70. The van der Waals surface area contributed by atoms with Crippen LogP contribution in [-0.4, -0.2) is 26.5 Å². The smallest absolute Gasteiger partial charge is 0.296 e. The van der Waals surface area contributed by atoms with Gasteiger partial charge in [0.05, 0.1) is 31.3 Å². The van der Waals surface area contributed by atoms with E-state index in [4.69, 9.17) is 23.2 Å². The number of alkyl halides is 3. The first-order valence-electron chi connectivity index (χ1n) is 5.60. The van der Waals surface area contributed by atoms with E-state index in [1.54, 1.807) is 0 Å². The molecule has 1 atom stereocenters. The molecule has 0 radical (unpaired) electrons. The topological polar surface area (TPSA) is 52.0 Å². The van der Waals surface area contributed by atoms with Gasteiger partial charge in [0.1, 0.15) is 11.4 Å². The average Bonchev–Trinajstić information content (AvgIpc) is 2.80. The van der Waals surface area contributed by atoms with Gasteiger partial charge >= 0.3 is 6.18 Å². The predicted molar refractivity (Wildman–Crippen MR) is 76.3 cm³/mol. The Balaban J connectivity index is 2.64. The van der Waals surface area contributed by atoms with Gasteiger partial charge in [-0.05, 0) is 12.1 Å². The fraction of sp³-hybridized carbons (Fsp3) is 0.167. The summed E-state index contributed by atoms with van der Waals surface area (Å²) in [5.41, 5.74) is -1.14. The zero-order valence-electron chi connectivity index (χ0n) is 10.8. The van der Waals surface area contributed by atoms with Crippen LogP contribution >= 0.6 is 23.2 Å². The first-order chi connectivity index (χ1) is 10.1. The normalized spacial score (nSPS) is 13.2. The number of benzene rings is 1. The lowest BCUT2D eigenvalue weighted by Gasteiger charge is -2.12. The molecule has 10 heteroatoms. The van der Waals surface area contributed by atoms with Crippen LogP contribution in [0.1, 0.15) is 16.1 Å². The largest absolute Gasteiger partial charge is 0.416 e. The van der Waals surface area contributed by atoms with E-state index in [1.807, 2.05) is 0 Å². The van der Waals surface area contributed by atoms with Crippen LogP contribution in [-0.2, 0) is 17.0 Å². The number of rotatable bonds is 3. The fourth-order valence-electron chi connectivity index (χ4n) is 1.74. The van der Waals surface area contributed by atoms with Crippen LogP contribution in [0.4, 0.5) is 13.2 Å². The lowest BCUT2D eigenvalue weighted by atomic mass is 10.2. The number of hydrogen-bond donors (Lipinski definition) is 0. The second-order valence-electron chi connectivity index (χ2n) is 4.18. The van der Waals surface area contributed by atoms with E-state index < -0.39 is 22.5 Å². The molecule has 2 rings (SSSR count). The average molecular weight is 371 g/mol. The molecule has 0 saturated heterocycles. The summed E-state index contributed by atoms with van der Waals surface area (Å²) in [7, 11) is -1.51. The third-order valence-corrected chi connectivity index (χ3v) is 4.21. The van der Waals surface area contributed by atoms with E-state index in [2.05, 4.69) is 5.10 Å². The van der Waals surface area contributed by atoms with Gasteiger partial charge in [0.2, 0.25) is 0 Å². The molecular weight excluding hydrogens is 364 g/mol. The van der Waals surface area contributed by atoms with Crippen molar-refractivity contribution < 1.29 is 22.2 Å². The van der Waals surface area contributed by atoms with Crippen LogP contribution in [0.2, 0.25) is 10.0 Å². The molecule has 0 aliphatic heterocycles. The van der Waals surface area contributed by atoms with Gasteiger partial charge in [0, 0.05) is 12.5 Å². The summed E-state index contributed by atoms with van der Waals surface area (Å²) < 4.78 is 50.6. The maximum atomic E-state index is 12.7. The zero-order valence-corrected chi connectivity index (χ0v) is 13.1. The van der Waals surface area contributed by atoms with Crippen LogP contribution in [0.25, 0.3) is 5.69 Å². The first kappa shape index (κ1) is 17.0. The van der Waals surface area contributed by atoms with E-state index >= 15 is 0 Å². The summed E-state index contributed by atoms with van der Waals surface area (Å²) in [5.74, 6) is 0. The van der Waals surface area contributed by atoms with Gasteiger partial charge < -0.3 is 0 Å². The molecule has 1 heterocycles. The molecule has 0 spiro atoms. The molecule has 22 heavy (non-hydrogen) atoms. The highest BCUT2D eigenvalue weighted by Crippen LogP contribution is 2.37. The van der Waals surface area contributed by atoms with Crippen molar-refractivity contribution in [3.63, 3.8) is 0 Å². The Morgan fingerprint density at radius 3 is 2.18 bits per heavy atom. The number of halogens is 5. The van der Waals surface area contributed by atoms with Crippen molar-refractivity contribution in [1.29, 1.82) is 0 Å². The summed E-state index contributed by atoms with van der Waals surface area (Å²) in [6.07, 6.45) is -1.64. The molecule has 1 aromatic heterocycles. The van der Waals surface area contributed by atoms with E-state index in [-0.39, 0.29) is 26.3 Å². The highest BCUT2D eigenvalue weighted by atomic mass is 35.5. The van der Waals surface area contributed by atoms with Crippen molar-refractivity contribution in [2.45, 2.75) is 11.1 Å². The molecule has 1 unspecified atom stereocenters. The Labute approximate surface area is 135 Å².